The number of rotatable bonds is 2. The molecule has 0 aliphatic carbocycles. The first kappa shape index (κ1) is 13.7. The quantitative estimate of drug-likeness (QED) is 0.703. The first-order valence-electron chi connectivity index (χ1n) is 6.47. The van der Waals surface area contributed by atoms with E-state index in [0.717, 1.165) is 5.56 Å². The molecule has 1 aromatic heterocycles. The largest absolute Gasteiger partial charge is 0.497 e. The van der Waals surface area contributed by atoms with Gasteiger partial charge in [0.2, 0.25) is 5.43 Å². The molecule has 3 rings (SSSR count). The summed E-state index contributed by atoms with van der Waals surface area (Å²) in [4.78, 5) is 12.7. The Balaban J connectivity index is 2.29. The number of methoxy groups -OCH3 is 1. The fourth-order valence-electron chi connectivity index (χ4n) is 2.36. The Labute approximate surface area is 126 Å². The zero-order chi connectivity index (χ0) is 15.0. The van der Waals surface area contributed by atoms with Crippen molar-refractivity contribution < 1.29 is 9.15 Å². The van der Waals surface area contributed by atoms with Crippen molar-refractivity contribution >= 4 is 22.6 Å². The van der Waals surface area contributed by atoms with E-state index in [1.807, 2.05) is 12.1 Å². The first-order valence-corrected chi connectivity index (χ1v) is 6.85. The second-order valence-electron chi connectivity index (χ2n) is 4.73. The monoisotopic (exact) mass is 300 g/mol. The van der Waals surface area contributed by atoms with Gasteiger partial charge in [-0.3, -0.25) is 4.79 Å². The number of benzene rings is 2. The number of aryl methyl sites for hydroxylation is 1. The molecule has 3 aromatic rings. The normalized spacial score (nSPS) is 10.8. The van der Waals surface area contributed by atoms with Gasteiger partial charge in [0, 0.05) is 11.1 Å². The molecule has 0 aliphatic heterocycles. The zero-order valence-corrected chi connectivity index (χ0v) is 12.4. The lowest BCUT2D eigenvalue weighted by Gasteiger charge is -2.08. The Morgan fingerprint density at radius 1 is 1.10 bits per heavy atom. The van der Waals surface area contributed by atoms with E-state index in [1.165, 1.54) is 0 Å². The Morgan fingerprint density at radius 3 is 2.48 bits per heavy atom. The summed E-state index contributed by atoms with van der Waals surface area (Å²) in [6, 6.07) is 12.3. The predicted octanol–water partition coefficient (Wildman–Crippen LogP) is 4.43. The summed E-state index contributed by atoms with van der Waals surface area (Å²) in [5.41, 5.74) is 1.82. The standard InChI is InChI=1S/C17H13ClO3/c1-10-16(11-3-5-12(18)6-4-11)17(19)14-8-7-13(20-2)9-15(14)21-10/h3-9H,1-2H3. The molecule has 2 aromatic carbocycles. The van der Waals surface area contributed by atoms with Crippen molar-refractivity contribution in [2.75, 3.05) is 7.11 Å². The van der Waals surface area contributed by atoms with Crippen LogP contribution in [0.4, 0.5) is 0 Å². The fourth-order valence-corrected chi connectivity index (χ4v) is 2.49. The van der Waals surface area contributed by atoms with E-state index in [0.29, 0.717) is 33.1 Å². The van der Waals surface area contributed by atoms with Crippen molar-refractivity contribution in [3.05, 3.63) is 63.5 Å². The number of ether oxygens (including phenoxy) is 1. The van der Waals surface area contributed by atoms with Gasteiger partial charge in [0.15, 0.2) is 0 Å². The summed E-state index contributed by atoms with van der Waals surface area (Å²) in [6.45, 7) is 1.78. The Morgan fingerprint density at radius 2 is 1.81 bits per heavy atom. The highest BCUT2D eigenvalue weighted by Crippen LogP contribution is 2.27. The number of hydrogen-bond donors (Lipinski definition) is 0. The minimum Gasteiger partial charge on any atom is -0.497 e. The van der Waals surface area contributed by atoms with Crippen molar-refractivity contribution in [2.45, 2.75) is 6.92 Å². The van der Waals surface area contributed by atoms with Gasteiger partial charge >= 0.3 is 0 Å². The van der Waals surface area contributed by atoms with Crippen molar-refractivity contribution in [1.82, 2.24) is 0 Å². The molecular formula is C17H13ClO3. The maximum Gasteiger partial charge on any atom is 0.200 e. The average molecular weight is 301 g/mol. The molecule has 21 heavy (non-hydrogen) atoms. The number of halogens is 1. The van der Waals surface area contributed by atoms with Crippen molar-refractivity contribution in [3.8, 4) is 16.9 Å². The molecule has 0 spiro atoms. The molecule has 106 valence electrons. The van der Waals surface area contributed by atoms with Gasteiger partial charge in [-0.05, 0) is 36.8 Å². The van der Waals surface area contributed by atoms with Gasteiger partial charge in [-0.15, -0.1) is 0 Å². The fraction of sp³-hybridized carbons (Fsp3) is 0.118. The predicted molar refractivity (Wildman–Crippen MR) is 84.2 cm³/mol. The topological polar surface area (TPSA) is 39.4 Å². The Kier molecular flexibility index (Phi) is 3.43. The molecule has 4 heteroatoms. The van der Waals surface area contributed by atoms with Crippen LogP contribution in [0.2, 0.25) is 5.02 Å². The van der Waals surface area contributed by atoms with Crippen LogP contribution < -0.4 is 10.2 Å². The first-order chi connectivity index (χ1) is 10.1. The van der Waals surface area contributed by atoms with Crippen LogP contribution in [-0.4, -0.2) is 7.11 Å². The van der Waals surface area contributed by atoms with Crippen molar-refractivity contribution in [3.63, 3.8) is 0 Å². The molecule has 0 saturated carbocycles. The molecule has 1 heterocycles. The van der Waals surface area contributed by atoms with Crippen LogP contribution in [0, 0.1) is 6.92 Å². The highest BCUT2D eigenvalue weighted by atomic mass is 35.5. The maximum atomic E-state index is 12.7. The molecule has 0 atom stereocenters. The van der Waals surface area contributed by atoms with Crippen LogP contribution >= 0.6 is 11.6 Å². The maximum absolute atomic E-state index is 12.7. The summed E-state index contributed by atoms with van der Waals surface area (Å²) in [5, 5.41) is 1.16. The summed E-state index contributed by atoms with van der Waals surface area (Å²) < 4.78 is 10.9. The molecule has 0 N–H and O–H groups in total. The van der Waals surface area contributed by atoms with E-state index in [2.05, 4.69) is 0 Å². The number of hydrogen-bond acceptors (Lipinski definition) is 3. The van der Waals surface area contributed by atoms with Gasteiger partial charge < -0.3 is 9.15 Å². The van der Waals surface area contributed by atoms with Gasteiger partial charge in [0.1, 0.15) is 17.1 Å². The molecule has 0 bridgehead atoms. The van der Waals surface area contributed by atoms with Crippen LogP contribution in [-0.2, 0) is 0 Å². The lowest BCUT2D eigenvalue weighted by molar-refractivity contribution is 0.414. The summed E-state index contributed by atoms with van der Waals surface area (Å²) in [5.74, 6) is 1.23. The third-order valence-corrected chi connectivity index (χ3v) is 3.66. The smallest absolute Gasteiger partial charge is 0.200 e. The average Bonchev–Trinajstić information content (AvgIpc) is 2.48. The van der Waals surface area contributed by atoms with Gasteiger partial charge in [-0.1, -0.05) is 23.7 Å². The molecule has 0 aliphatic rings. The van der Waals surface area contributed by atoms with E-state index in [-0.39, 0.29) is 5.43 Å². The lowest BCUT2D eigenvalue weighted by atomic mass is 10.0. The molecule has 0 fully saturated rings. The van der Waals surface area contributed by atoms with Gasteiger partial charge in [0.05, 0.1) is 18.1 Å². The highest BCUT2D eigenvalue weighted by molar-refractivity contribution is 6.30. The van der Waals surface area contributed by atoms with E-state index in [4.69, 9.17) is 20.8 Å². The molecule has 0 amide bonds. The van der Waals surface area contributed by atoms with Crippen molar-refractivity contribution in [1.29, 1.82) is 0 Å². The lowest BCUT2D eigenvalue weighted by Crippen LogP contribution is -2.07. The molecule has 0 unspecified atom stereocenters. The van der Waals surface area contributed by atoms with Crippen LogP contribution in [0.15, 0.2) is 51.7 Å². The van der Waals surface area contributed by atoms with Crippen molar-refractivity contribution in [2.24, 2.45) is 0 Å². The highest BCUT2D eigenvalue weighted by Gasteiger charge is 2.13. The molecule has 0 saturated heterocycles. The second-order valence-corrected chi connectivity index (χ2v) is 5.17. The minimum absolute atomic E-state index is 0.0567. The number of fused-ring (bicyclic) bond motifs is 1. The van der Waals surface area contributed by atoms with Gasteiger partial charge in [-0.25, -0.2) is 0 Å². The second kappa shape index (κ2) is 5.26. The van der Waals surface area contributed by atoms with Crippen LogP contribution in [0.3, 0.4) is 0 Å². The SMILES string of the molecule is COc1ccc2c(=O)c(-c3ccc(Cl)cc3)c(C)oc2c1. The summed E-state index contributed by atoms with van der Waals surface area (Å²) >= 11 is 5.89. The van der Waals surface area contributed by atoms with Crippen LogP contribution in [0.5, 0.6) is 5.75 Å². The summed E-state index contributed by atoms with van der Waals surface area (Å²) in [6.07, 6.45) is 0. The van der Waals surface area contributed by atoms with Gasteiger partial charge in [-0.2, -0.15) is 0 Å². The van der Waals surface area contributed by atoms with E-state index >= 15 is 0 Å². The third-order valence-electron chi connectivity index (χ3n) is 3.41. The molecule has 0 radical (unpaired) electrons. The Bertz CT molecular complexity index is 864. The van der Waals surface area contributed by atoms with Crippen LogP contribution in [0.1, 0.15) is 5.76 Å². The zero-order valence-electron chi connectivity index (χ0n) is 11.6. The van der Waals surface area contributed by atoms with Crippen LogP contribution in [0.25, 0.3) is 22.1 Å². The van der Waals surface area contributed by atoms with Gasteiger partial charge in [0.25, 0.3) is 0 Å². The summed E-state index contributed by atoms with van der Waals surface area (Å²) in [7, 11) is 1.58. The third kappa shape index (κ3) is 2.41. The van der Waals surface area contributed by atoms with E-state index in [1.54, 1.807) is 44.4 Å². The molecular weight excluding hydrogens is 288 g/mol. The minimum atomic E-state index is -0.0567. The van der Waals surface area contributed by atoms with E-state index < -0.39 is 0 Å². The Hall–Kier alpha value is -2.26. The van der Waals surface area contributed by atoms with E-state index in [9.17, 15) is 4.79 Å². The molecule has 3 nitrogen and oxygen atoms in total.